The SMILES string of the molecule is O=C(Nc1cc2c(nn1)CCC2)N1CC2(CCC2)C1C1CCOCC1. The Morgan fingerprint density at radius 3 is 2.80 bits per heavy atom. The maximum atomic E-state index is 12.9. The molecule has 1 aromatic heterocycles. The lowest BCUT2D eigenvalue weighted by Crippen LogP contribution is -2.72. The minimum atomic E-state index is 0.00117. The number of likely N-dealkylation sites (tertiary alicyclic amines) is 1. The number of aromatic nitrogens is 2. The van der Waals surface area contributed by atoms with Crippen molar-refractivity contribution in [2.75, 3.05) is 25.1 Å². The van der Waals surface area contributed by atoms with Crippen molar-refractivity contribution in [2.45, 2.75) is 57.4 Å². The number of nitrogens with one attached hydrogen (secondary N) is 1. The van der Waals surface area contributed by atoms with Crippen molar-refractivity contribution < 1.29 is 9.53 Å². The van der Waals surface area contributed by atoms with Gasteiger partial charge in [-0.3, -0.25) is 5.32 Å². The van der Waals surface area contributed by atoms with E-state index in [1.54, 1.807) is 0 Å². The third-order valence-corrected chi connectivity index (χ3v) is 6.83. The molecule has 2 amide bonds. The summed E-state index contributed by atoms with van der Waals surface area (Å²) in [6, 6.07) is 2.39. The number of fused-ring (bicyclic) bond motifs is 1. The number of amides is 2. The smallest absolute Gasteiger partial charge is 0.323 e. The second kappa shape index (κ2) is 5.94. The van der Waals surface area contributed by atoms with Crippen molar-refractivity contribution in [3.05, 3.63) is 17.3 Å². The molecule has 25 heavy (non-hydrogen) atoms. The Labute approximate surface area is 148 Å². The van der Waals surface area contributed by atoms with Gasteiger partial charge in [-0.1, -0.05) is 6.42 Å². The van der Waals surface area contributed by atoms with E-state index in [-0.39, 0.29) is 6.03 Å². The maximum Gasteiger partial charge on any atom is 0.323 e. The predicted molar refractivity (Wildman–Crippen MR) is 93.4 cm³/mol. The molecular weight excluding hydrogens is 316 g/mol. The molecule has 1 aromatic rings. The normalized spacial score (nSPS) is 27.5. The summed E-state index contributed by atoms with van der Waals surface area (Å²) in [6.07, 6.45) is 9.22. The summed E-state index contributed by atoms with van der Waals surface area (Å²) in [5.41, 5.74) is 2.73. The van der Waals surface area contributed by atoms with Gasteiger partial charge in [0.15, 0.2) is 5.82 Å². The summed E-state index contributed by atoms with van der Waals surface area (Å²) >= 11 is 0. The number of hydrogen-bond acceptors (Lipinski definition) is 4. The van der Waals surface area contributed by atoms with Gasteiger partial charge in [0.25, 0.3) is 0 Å². The van der Waals surface area contributed by atoms with E-state index in [4.69, 9.17) is 4.74 Å². The number of nitrogens with zero attached hydrogens (tertiary/aromatic N) is 3. The van der Waals surface area contributed by atoms with Crippen LogP contribution >= 0.6 is 0 Å². The second-order valence-corrected chi connectivity index (χ2v) is 8.22. The zero-order valence-corrected chi connectivity index (χ0v) is 14.7. The van der Waals surface area contributed by atoms with Gasteiger partial charge >= 0.3 is 6.03 Å². The third-order valence-electron chi connectivity index (χ3n) is 6.83. The van der Waals surface area contributed by atoms with Crippen LogP contribution in [0.15, 0.2) is 6.07 Å². The Bertz CT molecular complexity index is 682. The molecule has 4 aliphatic rings. The first-order chi connectivity index (χ1) is 12.3. The molecule has 134 valence electrons. The molecular formula is C19H26N4O2. The van der Waals surface area contributed by atoms with Gasteiger partial charge in [-0.15, -0.1) is 5.10 Å². The lowest BCUT2D eigenvalue weighted by Gasteiger charge is -2.64. The molecule has 3 fully saturated rings. The molecule has 0 radical (unpaired) electrons. The monoisotopic (exact) mass is 342 g/mol. The fourth-order valence-electron chi connectivity index (χ4n) is 5.39. The molecule has 2 saturated heterocycles. The highest BCUT2D eigenvalue weighted by molar-refractivity contribution is 5.89. The second-order valence-electron chi connectivity index (χ2n) is 8.22. The topological polar surface area (TPSA) is 67.4 Å². The van der Waals surface area contributed by atoms with Crippen LogP contribution in [0.4, 0.5) is 10.6 Å². The first-order valence-corrected chi connectivity index (χ1v) is 9.76. The van der Waals surface area contributed by atoms with Gasteiger partial charge in [-0.2, -0.15) is 5.10 Å². The summed E-state index contributed by atoms with van der Waals surface area (Å²) in [5.74, 6) is 1.19. The van der Waals surface area contributed by atoms with E-state index >= 15 is 0 Å². The lowest BCUT2D eigenvalue weighted by atomic mass is 9.54. The molecule has 2 aliphatic carbocycles. The van der Waals surface area contributed by atoms with Crippen LogP contribution in [0, 0.1) is 11.3 Å². The number of carbonyl (C=O) groups excluding carboxylic acids is 1. The molecule has 3 heterocycles. The van der Waals surface area contributed by atoms with Crippen molar-refractivity contribution in [1.82, 2.24) is 15.1 Å². The summed E-state index contributed by atoms with van der Waals surface area (Å²) in [5, 5.41) is 11.5. The molecule has 1 N–H and O–H groups in total. The summed E-state index contributed by atoms with van der Waals surface area (Å²) in [4.78, 5) is 15.0. The first-order valence-electron chi connectivity index (χ1n) is 9.76. The highest BCUT2D eigenvalue weighted by atomic mass is 16.5. The Hall–Kier alpha value is -1.69. The van der Waals surface area contributed by atoms with Crippen LogP contribution in [0.1, 0.15) is 49.8 Å². The van der Waals surface area contributed by atoms with Gasteiger partial charge in [0.1, 0.15) is 0 Å². The standard InChI is InChI=1S/C19H26N4O2/c24-18(20-16-11-14-3-1-4-15(14)21-22-16)23-12-19(7-2-8-19)17(23)13-5-9-25-10-6-13/h11,13,17H,1-10,12H2,(H,20,22,24). The summed E-state index contributed by atoms with van der Waals surface area (Å²) in [6.45, 7) is 2.57. The van der Waals surface area contributed by atoms with Gasteiger partial charge in [-0.25, -0.2) is 4.79 Å². The van der Waals surface area contributed by atoms with Crippen LogP contribution in [0.5, 0.6) is 0 Å². The molecule has 0 bridgehead atoms. The zero-order chi connectivity index (χ0) is 16.9. The van der Waals surface area contributed by atoms with Crippen LogP contribution < -0.4 is 5.32 Å². The molecule has 1 spiro atoms. The van der Waals surface area contributed by atoms with E-state index in [1.165, 1.54) is 24.8 Å². The quantitative estimate of drug-likeness (QED) is 0.897. The van der Waals surface area contributed by atoms with Crippen molar-refractivity contribution in [3.63, 3.8) is 0 Å². The summed E-state index contributed by atoms with van der Waals surface area (Å²) in [7, 11) is 0. The van der Waals surface area contributed by atoms with Crippen molar-refractivity contribution in [2.24, 2.45) is 11.3 Å². The molecule has 1 saturated carbocycles. The lowest BCUT2D eigenvalue weighted by molar-refractivity contribution is -0.135. The highest BCUT2D eigenvalue weighted by Crippen LogP contribution is 2.56. The summed E-state index contributed by atoms with van der Waals surface area (Å²) < 4.78 is 5.53. The van der Waals surface area contributed by atoms with Crippen LogP contribution in [0.2, 0.25) is 0 Å². The minimum Gasteiger partial charge on any atom is -0.381 e. The van der Waals surface area contributed by atoms with E-state index in [2.05, 4.69) is 20.4 Å². The Morgan fingerprint density at radius 1 is 1.20 bits per heavy atom. The fourth-order valence-corrected chi connectivity index (χ4v) is 5.39. The van der Waals surface area contributed by atoms with Crippen molar-refractivity contribution in [3.8, 4) is 0 Å². The number of hydrogen-bond donors (Lipinski definition) is 1. The van der Waals surface area contributed by atoms with E-state index in [0.717, 1.165) is 57.6 Å². The number of rotatable bonds is 2. The first kappa shape index (κ1) is 15.6. The number of anilines is 1. The predicted octanol–water partition coefficient (Wildman–Crippen LogP) is 2.78. The Morgan fingerprint density at radius 2 is 2.04 bits per heavy atom. The largest absolute Gasteiger partial charge is 0.381 e. The zero-order valence-electron chi connectivity index (χ0n) is 14.7. The molecule has 6 nitrogen and oxygen atoms in total. The number of aryl methyl sites for hydroxylation is 2. The average Bonchev–Trinajstić information content (AvgIpc) is 3.01. The molecule has 1 atom stereocenters. The molecule has 1 unspecified atom stereocenters. The van der Waals surface area contributed by atoms with E-state index in [1.807, 2.05) is 6.07 Å². The molecule has 2 aliphatic heterocycles. The van der Waals surface area contributed by atoms with Gasteiger partial charge in [-0.05, 0) is 62.5 Å². The molecule has 0 aromatic carbocycles. The van der Waals surface area contributed by atoms with Crippen molar-refractivity contribution >= 4 is 11.8 Å². The Kier molecular flexibility index (Phi) is 3.69. The van der Waals surface area contributed by atoms with Gasteiger partial charge in [0.05, 0.1) is 5.69 Å². The van der Waals surface area contributed by atoms with Crippen LogP contribution in [-0.4, -0.2) is 46.9 Å². The number of ether oxygens (including phenoxy) is 1. The van der Waals surface area contributed by atoms with E-state index in [0.29, 0.717) is 23.2 Å². The van der Waals surface area contributed by atoms with Gasteiger partial charge in [0, 0.05) is 31.2 Å². The third kappa shape index (κ3) is 2.53. The van der Waals surface area contributed by atoms with Crippen LogP contribution in [0.25, 0.3) is 0 Å². The van der Waals surface area contributed by atoms with Crippen LogP contribution in [-0.2, 0) is 17.6 Å². The van der Waals surface area contributed by atoms with Gasteiger partial charge in [0.2, 0.25) is 0 Å². The van der Waals surface area contributed by atoms with Crippen molar-refractivity contribution in [1.29, 1.82) is 0 Å². The van der Waals surface area contributed by atoms with Gasteiger partial charge < -0.3 is 9.64 Å². The number of urea groups is 1. The van der Waals surface area contributed by atoms with E-state index in [9.17, 15) is 4.79 Å². The van der Waals surface area contributed by atoms with Crippen LogP contribution in [0.3, 0.4) is 0 Å². The maximum absolute atomic E-state index is 12.9. The number of carbonyl (C=O) groups is 1. The highest BCUT2D eigenvalue weighted by Gasteiger charge is 2.59. The molecule has 6 heteroatoms. The van der Waals surface area contributed by atoms with E-state index < -0.39 is 0 Å². The average molecular weight is 342 g/mol. The minimum absolute atomic E-state index is 0.00117. The molecule has 5 rings (SSSR count). The Balaban J connectivity index is 1.31. The fraction of sp³-hybridized carbons (Fsp3) is 0.737.